The Morgan fingerprint density at radius 2 is 2.11 bits per heavy atom. The van der Waals surface area contributed by atoms with Crippen LogP contribution in [-0.2, 0) is 19.1 Å². The third-order valence-corrected chi connectivity index (χ3v) is 3.82. The molecular weight excluding hydrogens is 248 g/mol. The minimum atomic E-state index is -0.800. The van der Waals surface area contributed by atoms with Crippen molar-refractivity contribution in [1.29, 1.82) is 0 Å². The fourth-order valence-corrected chi connectivity index (χ4v) is 2.82. The Balaban J connectivity index is 2.11. The van der Waals surface area contributed by atoms with Crippen molar-refractivity contribution >= 4 is 17.8 Å². The van der Waals surface area contributed by atoms with Gasteiger partial charge in [0, 0.05) is 13.1 Å². The summed E-state index contributed by atoms with van der Waals surface area (Å²) < 4.78 is 4.73. The maximum Gasteiger partial charge on any atom is 0.313 e. The number of amides is 2. The highest BCUT2D eigenvalue weighted by atomic mass is 16.5. The van der Waals surface area contributed by atoms with Crippen LogP contribution in [-0.4, -0.2) is 60.4 Å². The second-order valence-electron chi connectivity index (χ2n) is 5.81. The molecule has 2 saturated heterocycles. The van der Waals surface area contributed by atoms with E-state index in [1.807, 2.05) is 0 Å². The van der Waals surface area contributed by atoms with Crippen molar-refractivity contribution in [1.82, 2.24) is 9.80 Å². The van der Waals surface area contributed by atoms with Gasteiger partial charge in [0.05, 0.1) is 19.1 Å². The monoisotopic (exact) mass is 268 g/mol. The zero-order chi connectivity index (χ0) is 14.2. The van der Waals surface area contributed by atoms with Crippen LogP contribution in [0, 0.1) is 5.41 Å². The van der Waals surface area contributed by atoms with E-state index in [1.54, 1.807) is 18.7 Å². The van der Waals surface area contributed by atoms with Gasteiger partial charge in [-0.1, -0.05) is 0 Å². The van der Waals surface area contributed by atoms with Crippen molar-refractivity contribution < 1.29 is 19.1 Å². The number of hydrogen-bond donors (Lipinski definition) is 0. The summed E-state index contributed by atoms with van der Waals surface area (Å²) in [6.45, 7) is 4.39. The molecule has 1 atom stereocenters. The van der Waals surface area contributed by atoms with Crippen LogP contribution >= 0.6 is 0 Å². The molecule has 2 aliphatic heterocycles. The first kappa shape index (κ1) is 13.8. The van der Waals surface area contributed by atoms with Gasteiger partial charge in [0.15, 0.2) is 0 Å². The van der Waals surface area contributed by atoms with E-state index in [0.29, 0.717) is 6.54 Å². The molecule has 0 bridgehead atoms. The van der Waals surface area contributed by atoms with Gasteiger partial charge in [0.1, 0.15) is 6.04 Å². The number of esters is 1. The second-order valence-corrected chi connectivity index (χ2v) is 5.81. The maximum absolute atomic E-state index is 12.3. The predicted octanol–water partition coefficient (Wildman–Crippen LogP) is 0.0188. The van der Waals surface area contributed by atoms with E-state index in [-0.39, 0.29) is 36.9 Å². The number of carbonyl (C=O) groups excluding carboxylic acids is 3. The van der Waals surface area contributed by atoms with Crippen LogP contribution in [0.25, 0.3) is 0 Å². The molecule has 0 aromatic heterocycles. The Labute approximate surface area is 112 Å². The summed E-state index contributed by atoms with van der Waals surface area (Å²) in [7, 11) is 1.33. The lowest BCUT2D eigenvalue weighted by Gasteiger charge is -2.39. The molecule has 2 rings (SSSR count). The number of piperazine rings is 1. The first-order valence-corrected chi connectivity index (χ1v) is 6.53. The van der Waals surface area contributed by atoms with Crippen LogP contribution in [0.3, 0.4) is 0 Å². The summed E-state index contributed by atoms with van der Waals surface area (Å²) in [4.78, 5) is 39.1. The zero-order valence-electron chi connectivity index (χ0n) is 11.6. The van der Waals surface area contributed by atoms with E-state index in [2.05, 4.69) is 0 Å². The van der Waals surface area contributed by atoms with Crippen molar-refractivity contribution in [2.75, 3.05) is 26.7 Å². The molecule has 2 fully saturated rings. The van der Waals surface area contributed by atoms with Crippen LogP contribution in [0.5, 0.6) is 0 Å². The van der Waals surface area contributed by atoms with Gasteiger partial charge >= 0.3 is 5.97 Å². The van der Waals surface area contributed by atoms with E-state index < -0.39 is 5.41 Å². The number of rotatable bonds is 3. The average Bonchev–Trinajstić information content (AvgIpc) is 2.84. The molecule has 0 aliphatic carbocycles. The maximum atomic E-state index is 12.3. The predicted molar refractivity (Wildman–Crippen MR) is 67.1 cm³/mol. The Bertz CT molecular complexity index is 419. The minimum absolute atomic E-state index is 0.0252. The largest absolute Gasteiger partial charge is 0.469 e. The minimum Gasteiger partial charge on any atom is -0.469 e. The van der Waals surface area contributed by atoms with Gasteiger partial charge < -0.3 is 14.5 Å². The lowest BCUT2D eigenvalue weighted by molar-refractivity contribution is -0.160. The summed E-state index contributed by atoms with van der Waals surface area (Å²) in [5.74, 6) is -0.446. The highest BCUT2D eigenvalue weighted by Crippen LogP contribution is 2.27. The number of nitrogens with zero attached hydrogens (tertiary/aromatic N) is 2. The van der Waals surface area contributed by atoms with Gasteiger partial charge in [-0.2, -0.15) is 0 Å². The molecule has 0 radical (unpaired) electrons. The number of fused-ring (bicyclic) bond motifs is 1. The van der Waals surface area contributed by atoms with Crippen molar-refractivity contribution in [3.63, 3.8) is 0 Å². The molecule has 0 saturated carbocycles. The van der Waals surface area contributed by atoms with E-state index in [4.69, 9.17) is 4.74 Å². The SMILES string of the molecule is COC(=O)C(C)(C)CN1CC(=O)N2CCCC2C1=O. The van der Waals surface area contributed by atoms with Crippen LogP contribution < -0.4 is 0 Å². The molecule has 0 aromatic rings. The molecule has 6 heteroatoms. The topological polar surface area (TPSA) is 66.9 Å². The fourth-order valence-electron chi connectivity index (χ4n) is 2.82. The van der Waals surface area contributed by atoms with Crippen LogP contribution in [0.2, 0.25) is 0 Å². The summed E-state index contributed by atoms with van der Waals surface area (Å²) >= 11 is 0. The van der Waals surface area contributed by atoms with E-state index in [9.17, 15) is 14.4 Å². The smallest absolute Gasteiger partial charge is 0.313 e. The van der Waals surface area contributed by atoms with Gasteiger partial charge in [0.25, 0.3) is 0 Å². The van der Waals surface area contributed by atoms with Crippen LogP contribution in [0.15, 0.2) is 0 Å². The number of hydrogen-bond acceptors (Lipinski definition) is 4. The Hall–Kier alpha value is -1.59. The van der Waals surface area contributed by atoms with Crippen molar-refractivity contribution in [3.8, 4) is 0 Å². The molecular formula is C13H20N2O4. The number of ether oxygens (including phenoxy) is 1. The molecule has 0 spiro atoms. The van der Waals surface area contributed by atoms with Crippen LogP contribution in [0.4, 0.5) is 0 Å². The van der Waals surface area contributed by atoms with Gasteiger partial charge in [-0.15, -0.1) is 0 Å². The average molecular weight is 268 g/mol. The fraction of sp³-hybridized carbons (Fsp3) is 0.769. The highest BCUT2D eigenvalue weighted by Gasteiger charge is 2.44. The quantitative estimate of drug-likeness (QED) is 0.677. The van der Waals surface area contributed by atoms with Crippen LogP contribution in [0.1, 0.15) is 26.7 Å². The van der Waals surface area contributed by atoms with Crippen molar-refractivity contribution in [2.45, 2.75) is 32.7 Å². The molecule has 0 N–H and O–H groups in total. The molecule has 2 heterocycles. The molecule has 2 amide bonds. The van der Waals surface area contributed by atoms with Gasteiger partial charge in [0.2, 0.25) is 11.8 Å². The third kappa shape index (κ3) is 2.43. The van der Waals surface area contributed by atoms with Gasteiger partial charge in [-0.3, -0.25) is 14.4 Å². The summed E-state index contributed by atoms with van der Waals surface area (Å²) in [5, 5.41) is 0. The third-order valence-electron chi connectivity index (χ3n) is 3.82. The zero-order valence-corrected chi connectivity index (χ0v) is 11.6. The van der Waals surface area contributed by atoms with Gasteiger partial charge in [-0.05, 0) is 26.7 Å². The van der Waals surface area contributed by atoms with Crippen molar-refractivity contribution in [3.05, 3.63) is 0 Å². The summed E-state index contributed by atoms with van der Waals surface area (Å²) in [6, 6.07) is -0.324. The molecule has 6 nitrogen and oxygen atoms in total. The Morgan fingerprint density at radius 1 is 1.42 bits per heavy atom. The first-order valence-electron chi connectivity index (χ1n) is 6.53. The standard InChI is InChI=1S/C13H20N2O4/c1-13(2,12(18)19-3)8-14-7-10(16)15-6-4-5-9(15)11(14)17/h9H,4-8H2,1-3H3. The van der Waals surface area contributed by atoms with E-state index in [1.165, 1.54) is 12.0 Å². The first-order chi connectivity index (χ1) is 8.86. The molecule has 0 aromatic carbocycles. The normalized spacial score (nSPS) is 23.6. The lowest BCUT2D eigenvalue weighted by Crippen LogP contribution is -2.59. The molecule has 2 aliphatic rings. The van der Waals surface area contributed by atoms with Crippen molar-refractivity contribution in [2.24, 2.45) is 5.41 Å². The number of carbonyl (C=O) groups is 3. The van der Waals surface area contributed by atoms with E-state index >= 15 is 0 Å². The Morgan fingerprint density at radius 3 is 2.74 bits per heavy atom. The summed E-state index contributed by atoms with van der Waals surface area (Å²) in [6.07, 6.45) is 1.59. The number of methoxy groups -OCH3 is 1. The summed E-state index contributed by atoms with van der Waals surface area (Å²) in [5.41, 5.74) is -0.800. The second kappa shape index (κ2) is 4.83. The molecule has 106 valence electrons. The Kier molecular flexibility index (Phi) is 3.52. The highest BCUT2D eigenvalue weighted by molar-refractivity contribution is 5.95. The molecule has 19 heavy (non-hydrogen) atoms. The lowest BCUT2D eigenvalue weighted by atomic mass is 9.92. The van der Waals surface area contributed by atoms with Gasteiger partial charge in [-0.25, -0.2) is 0 Å². The van der Waals surface area contributed by atoms with E-state index in [0.717, 1.165) is 12.8 Å². The molecule has 1 unspecified atom stereocenters.